The molecule has 2 aromatic rings. The maximum absolute atomic E-state index is 4.44. The first-order chi connectivity index (χ1) is 5.68. The van der Waals surface area contributed by atoms with Crippen molar-refractivity contribution in [3.63, 3.8) is 0 Å². The molecule has 2 heteroatoms. The van der Waals surface area contributed by atoms with Gasteiger partial charge in [0.25, 0.3) is 0 Å². The Labute approximate surface area is 81.6 Å². The molecule has 0 N–H and O–H groups in total. The van der Waals surface area contributed by atoms with Gasteiger partial charge in [0.15, 0.2) is 0 Å². The van der Waals surface area contributed by atoms with Crippen LogP contribution < -0.4 is 0 Å². The van der Waals surface area contributed by atoms with Gasteiger partial charge in [-0.15, -0.1) is 24.0 Å². The molecule has 0 aliphatic heterocycles. The van der Waals surface area contributed by atoms with Crippen molar-refractivity contribution >= 4 is 34.1 Å². The third-order valence-electron chi connectivity index (χ3n) is 1.99. The van der Waals surface area contributed by atoms with Gasteiger partial charge >= 0.3 is 0 Å². The summed E-state index contributed by atoms with van der Waals surface area (Å²) in [7, 11) is 0. The Morgan fingerprint density at radius 2 is 2.00 bits per heavy atom. The molecule has 0 amide bonds. The Hall–Kier alpha value is -0.470. The van der Waals surface area contributed by atoms with Crippen LogP contribution in [-0.2, 0) is 0 Å². The molecular weight excluding hydrogens is 184 g/mol. The fourth-order valence-corrected chi connectivity index (χ4v) is 2.81. The molecule has 0 aliphatic rings. The van der Waals surface area contributed by atoms with Gasteiger partial charge in [0, 0.05) is 9.60 Å². The van der Waals surface area contributed by atoms with E-state index >= 15 is 0 Å². The molecule has 0 unspecified atom stereocenters. The molecule has 0 fully saturated rings. The van der Waals surface area contributed by atoms with Crippen LogP contribution in [0.5, 0.6) is 0 Å². The predicted octanol–water partition coefficient (Wildman–Crippen LogP) is 3.81. The zero-order chi connectivity index (χ0) is 8.72. The molecule has 0 spiro atoms. The summed E-state index contributed by atoms with van der Waals surface area (Å²) in [4.78, 5) is 1.10. The first-order valence-corrected chi connectivity index (χ1v) is 5.18. The highest BCUT2D eigenvalue weighted by Crippen LogP contribution is 2.31. The molecule has 62 valence electrons. The van der Waals surface area contributed by atoms with E-state index in [1.165, 1.54) is 21.2 Å². The van der Waals surface area contributed by atoms with Crippen molar-refractivity contribution in [2.45, 2.75) is 18.7 Å². The quantitative estimate of drug-likeness (QED) is 0.606. The minimum Gasteiger partial charge on any atom is -0.142 e. The van der Waals surface area contributed by atoms with Crippen molar-refractivity contribution in [1.29, 1.82) is 0 Å². The van der Waals surface area contributed by atoms with Crippen molar-refractivity contribution in [2.24, 2.45) is 0 Å². The predicted molar refractivity (Wildman–Crippen MR) is 58.6 cm³/mol. The van der Waals surface area contributed by atoms with Crippen LogP contribution in [0.25, 0.3) is 10.1 Å². The van der Waals surface area contributed by atoms with Gasteiger partial charge in [-0.25, -0.2) is 0 Å². The van der Waals surface area contributed by atoms with Gasteiger partial charge in [-0.3, -0.25) is 0 Å². The van der Waals surface area contributed by atoms with E-state index in [1.807, 2.05) is 0 Å². The van der Waals surface area contributed by atoms with Gasteiger partial charge in [-0.1, -0.05) is 6.07 Å². The fraction of sp³-hybridized carbons (Fsp3) is 0.200. The lowest BCUT2D eigenvalue weighted by Gasteiger charge is -1.98. The number of aryl methyl sites for hydroxylation is 2. The summed E-state index contributed by atoms with van der Waals surface area (Å²) in [5.74, 6) is 0. The first-order valence-electron chi connectivity index (χ1n) is 3.86. The number of benzene rings is 1. The molecule has 0 saturated heterocycles. The molecule has 0 atom stereocenters. The minimum atomic E-state index is 1.10. The largest absolute Gasteiger partial charge is 0.142 e. The minimum absolute atomic E-state index is 1.10. The van der Waals surface area contributed by atoms with Crippen LogP contribution in [0.2, 0.25) is 0 Å². The average molecular weight is 194 g/mol. The zero-order valence-corrected chi connectivity index (χ0v) is 8.80. The Kier molecular flexibility index (Phi) is 1.89. The van der Waals surface area contributed by atoms with Crippen LogP contribution in [0.4, 0.5) is 0 Å². The lowest BCUT2D eigenvalue weighted by atomic mass is 10.1. The van der Waals surface area contributed by atoms with Crippen molar-refractivity contribution < 1.29 is 0 Å². The van der Waals surface area contributed by atoms with Gasteiger partial charge in [-0.05, 0) is 41.8 Å². The third kappa shape index (κ3) is 1.15. The first kappa shape index (κ1) is 8.14. The number of hydrogen-bond donors (Lipinski definition) is 1. The molecule has 12 heavy (non-hydrogen) atoms. The zero-order valence-electron chi connectivity index (χ0n) is 7.09. The molecule has 1 heterocycles. The molecule has 0 bridgehead atoms. The van der Waals surface area contributed by atoms with Gasteiger partial charge < -0.3 is 0 Å². The number of thiophene rings is 1. The lowest BCUT2D eigenvalue weighted by molar-refractivity contribution is 1.43. The van der Waals surface area contributed by atoms with E-state index in [-0.39, 0.29) is 0 Å². The molecule has 2 rings (SSSR count). The summed E-state index contributed by atoms with van der Waals surface area (Å²) >= 11 is 6.22. The maximum Gasteiger partial charge on any atom is 0.0478 e. The number of thiol groups is 1. The number of hydrogen-bond acceptors (Lipinski definition) is 2. The summed E-state index contributed by atoms with van der Waals surface area (Å²) in [5, 5.41) is 3.54. The van der Waals surface area contributed by atoms with Crippen molar-refractivity contribution in [1.82, 2.24) is 0 Å². The number of fused-ring (bicyclic) bond motifs is 1. The SMILES string of the molecule is Cc1cc(S)c2scc(C)c2c1. The summed E-state index contributed by atoms with van der Waals surface area (Å²) in [6, 6.07) is 4.34. The topological polar surface area (TPSA) is 0 Å². The Bertz CT molecular complexity index is 427. The summed E-state index contributed by atoms with van der Waals surface area (Å²) in [5.41, 5.74) is 2.64. The standard InChI is InChI=1S/C10H10S2/c1-6-3-8-7(2)5-12-10(8)9(11)4-6/h3-5,11H,1-2H3. The van der Waals surface area contributed by atoms with Gasteiger partial charge in [0.2, 0.25) is 0 Å². The smallest absolute Gasteiger partial charge is 0.0478 e. The summed E-state index contributed by atoms with van der Waals surface area (Å²) in [6.45, 7) is 4.25. The van der Waals surface area contributed by atoms with E-state index in [2.05, 4.69) is 44.0 Å². The average Bonchev–Trinajstić information content (AvgIpc) is 2.33. The highest BCUT2D eigenvalue weighted by molar-refractivity contribution is 7.80. The lowest BCUT2D eigenvalue weighted by Crippen LogP contribution is -1.74. The van der Waals surface area contributed by atoms with Crippen molar-refractivity contribution in [3.8, 4) is 0 Å². The van der Waals surface area contributed by atoms with Gasteiger partial charge in [0.05, 0.1) is 0 Å². The highest BCUT2D eigenvalue weighted by atomic mass is 32.1. The van der Waals surface area contributed by atoms with Gasteiger partial charge in [0.1, 0.15) is 0 Å². The number of rotatable bonds is 0. The molecule has 0 saturated carbocycles. The van der Waals surface area contributed by atoms with Gasteiger partial charge in [-0.2, -0.15) is 0 Å². The van der Waals surface area contributed by atoms with Crippen LogP contribution in [0, 0.1) is 13.8 Å². The molecular formula is C10H10S2. The second kappa shape index (κ2) is 2.79. The maximum atomic E-state index is 4.44. The second-order valence-corrected chi connectivity index (χ2v) is 4.44. The monoisotopic (exact) mass is 194 g/mol. The normalized spacial score (nSPS) is 10.9. The van der Waals surface area contributed by atoms with E-state index in [0.717, 1.165) is 4.90 Å². The van der Waals surface area contributed by atoms with E-state index in [9.17, 15) is 0 Å². The van der Waals surface area contributed by atoms with E-state index < -0.39 is 0 Å². The van der Waals surface area contributed by atoms with Crippen LogP contribution >= 0.6 is 24.0 Å². The van der Waals surface area contributed by atoms with Crippen LogP contribution in [0.1, 0.15) is 11.1 Å². The van der Waals surface area contributed by atoms with Crippen molar-refractivity contribution in [3.05, 3.63) is 28.6 Å². The molecule has 0 radical (unpaired) electrons. The Balaban J connectivity index is 2.92. The van der Waals surface area contributed by atoms with Crippen LogP contribution in [0.15, 0.2) is 22.4 Å². The molecule has 0 aliphatic carbocycles. The van der Waals surface area contributed by atoms with Crippen LogP contribution in [0.3, 0.4) is 0 Å². The molecule has 1 aromatic heterocycles. The molecule has 0 nitrogen and oxygen atoms in total. The van der Waals surface area contributed by atoms with Crippen LogP contribution in [-0.4, -0.2) is 0 Å². The van der Waals surface area contributed by atoms with E-state index in [1.54, 1.807) is 11.3 Å². The summed E-state index contributed by atoms with van der Waals surface area (Å²) in [6.07, 6.45) is 0. The highest BCUT2D eigenvalue weighted by Gasteiger charge is 2.03. The van der Waals surface area contributed by atoms with Crippen molar-refractivity contribution in [2.75, 3.05) is 0 Å². The van der Waals surface area contributed by atoms with E-state index in [0.29, 0.717) is 0 Å². The second-order valence-electron chi connectivity index (χ2n) is 3.08. The van der Waals surface area contributed by atoms with E-state index in [4.69, 9.17) is 0 Å². The third-order valence-corrected chi connectivity index (χ3v) is 3.64. The Morgan fingerprint density at radius 3 is 2.75 bits per heavy atom. The molecule has 1 aromatic carbocycles. The fourth-order valence-electron chi connectivity index (χ4n) is 1.38. The Morgan fingerprint density at radius 1 is 1.25 bits per heavy atom. The summed E-state index contributed by atoms with van der Waals surface area (Å²) < 4.78 is 1.31.